The first-order valence-corrected chi connectivity index (χ1v) is 6.20. The molecule has 1 unspecified atom stereocenters. The van der Waals surface area contributed by atoms with Crippen LogP contribution in [0.3, 0.4) is 0 Å². The highest BCUT2D eigenvalue weighted by molar-refractivity contribution is 5.78. The van der Waals surface area contributed by atoms with Gasteiger partial charge < -0.3 is 10.0 Å². The minimum atomic E-state index is -0.740. The Hall–Kier alpha value is -1.10. The summed E-state index contributed by atoms with van der Waals surface area (Å²) in [5.41, 5.74) is 0. The van der Waals surface area contributed by atoms with Crippen LogP contribution in [0.4, 0.5) is 0 Å². The number of carboxylic acids is 1. The Bertz CT molecular complexity index is 322. The normalized spacial score (nSPS) is 22.9. The van der Waals surface area contributed by atoms with E-state index >= 15 is 0 Å². The Kier molecular flexibility index (Phi) is 3.38. The molecule has 1 amide bonds. The van der Waals surface area contributed by atoms with Crippen molar-refractivity contribution in [2.24, 2.45) is 11.8 Å². The van der Waals surface area contributed by atoms with Crippen LogP contribution >= 0.6 is 0 Å². The SMILES string of the molecule is CC(C(=O)O)C1CN(CC(=O)N(C)C2CC2)C1. The maximum Gasteiger partial charge on any atom is 0.306 e. The van der Waals surface area contributed by atoms with Crippen molar-refractivity contribution in [3.63, 3.8) is 0 Å². The number of nitrogens with zero attached hydrogens (tertiary/aromatic N) is 2. The van der Waals surface area contributed by atoms with E-state index in [0.717, 1.165) is 25.9 Å². The fraction of sp³-hybridized carbons (Fsp3) is 0.833. The minimum Gasteiger partial charge on any atom is -0.481 e. The quantitative estimate of drug-likeness (QED) is 0.749. The van der Waals surface area contributed by atoms with Gasteiger partial charge in [-0.1, -0.05) is 6.92 Å². The van der Waals surface area contributed by atoms with Crippen LogP contribution in [0.15, 0.2) is 0 Å². The Morgan fingerprint density at radius 3 is 2.47 bits per heavy atom. The third-order valence-electron chi connectivity index (χ3n) is 3.93. The van der Waals surface area contributed by atoms with Crippen molar-refractivity contribution in [1.29, 1.82) is 0 Å². The monoisotopic (exact) mass is 240 g/mol. The highest BCUT2D eigenvalue weighted by Crippen LogP contribution is 2.27. The van der Waals surface area contributed by atoms with Gasteiger partial charge in [0.05, 0.1) is 12.5 Å². The van der Waals surface area contributed by atoms with E-state index in [-0.39, 0.29) is 17.7 Å². The number of aliphatic carboxylic acids is 1. The lowest BCUT2D eigenvalue weighted by Crippen LogP contribution is -2.54. The van der Waals surface area contributed by atoms with Crippen molar-refractivity contribution >= 4 is 11.9 Å². The minimum absolute atomic E-state index is 0.161. The zero-order chi connectivity index (χ0) is 12.6. The molecule has 96 valence electrons. The van der Waals surface area contributed by atoms with Crippen molar-refractivity contribution in [3.05, 3.63) is 0 Å². The number of hydrogen-bond acceptors (Lipinski definition) is 3. The van der Waals surface area contributed by atoms with Gasteiger partial charge in [0, 0.05) is 26.2 Å². The Morgan fingerprint density at radius 1 is 1.41 bits per heavy atom. The van der Waals surface area contributed by atoms with Crippen molar-refractivity contribution in [3.8, 4) is 0 Å². The molecule has 0 aromatic heterocycles. The second kappa shape index (κ2) is 4.64. The zero-order valence-electron chi connectivity index (χ0n) is 10.4. The van der Waals surface area contributed by atoms with Gasteiger partial charge in [-0.05, 0) is 18.8 Å². The van der Waals surface area contributed by atoms with Gasteiger partial charge in [0.15, 0.2) is 0 Å². The molecule has 1 aliphatic heterocycles. The van der Waals surface area contributed by atoms with Gasteiger partial charge in [-0.15, -0.1) is 0 Å². The molecule has 1 saturated heterocycles. The smallest absolute Gasteiger partial charge is 0.306 e. The zero-order valence-corrected chi connectivity index (χ0v) is 10.4. The Morgan fingerprint density at radius 2 is 2.00 bits per heavy atom. The second-order valence-electron chi connectivity index (χ2n) is 5.32. The van der Waals surface area contributed by atoms with Gasteiger partial charge in [-0.3, -0.25) is 14.5 Å². The molecule has 1 N–H and O–H groups in total. The standard InChI is InChI=1S/C12H20N2O3/c1-8(12(16)17)9-5-14(6-9)7-11(15)13(2)10-3-4-10/h8-10H,3-7H2,1-2H3,(H,16,17). The van der Waals surface area contributed by atoms with E-state index in [9.17, 15) is 9.59 Å². The number of rotatable bonds is 5. The highest BCUT2D eigenvalue weighted by atomic mass is 16.4. The molecule has 0 spiro atoms. The number of likely N-dealkylation sites (N-methyl/N-ethyl adjacent to an activating group) is 1. The third kappa shape index (κ3) is 2.77. The summed E-state index contributed by atoms with van der Waals surface area (Å²) in [5, 5.41) is 8.86. The summed E-state index contributed by atoms with van der Waals surface area (Å²) in [5.74, 6) is -0.681. The molecule has 2 fully saturated rings. The molecule has 17 heavy (non-hydrogen) atoms. The van der Waals surface area contributed by atoms with E-state index in [0.29, 0.717) is 12.6 Å². The first-order chi connectivity index (χ1) is 7.99. The third-order valence-corrected chi connectivity index (χ3v) is 3.93. The molecule has 0 aromatic rings. The molecule has 1 atom stereocenters. The van der Waals surface area contributed by atoms with Crippen molar-refractivity contribution in [1.82, 2.24) is 9.80 Å². The number of carbonyl (C=O) groups is 2. The molecule has 0 radical (unpaired) electrons. The molecular formula is C12H20N2O3. The number of likely N-dealkylation sites (tertiary alicyclic amines) is 1. The lowest BCUT2D eigenvalue weighted by molar-refractivity contribution is -0.146. The number of carbonyl (C=O) groups excluding carboxylic acids is 1. The van der Waals surface area contributed by atoms with Gasteiger partial charge in [0.2, 0.25) is 5.91 Å². The van der Waals surface area contributed by atoms with Crippen LogP contribution in [0.1, 0.15) is 19.8 Å². The highest BCUT2D eigenvalue weighted by Gasteiger charge is 2.37. The van der Waals surface area contributed by atoms with Crippen molar-refractivity contribution in [2.75, 3.05) is 26.7 Å². The lowest BCUT2D eigenvalue weighted by Gasteiger charge is -2.41. The van der Waals surface area contributed by atoms with E-state index in [1.807, 2.05) is 16.8 Å². The lowest BCUT2D eigenvalue weighted by atomic mass is 9.87. The van der Waals surface area contributed by atoms with Gasteiger partial charge in [0.1, 0.15) is 0 Å². The van der Waals surface area contributed by atoms with Crippen LogP contribution in [0.2, 0.25) is 0 Å². The Labute approximate surface area is 101 Å². The molecule has 1 aliphatic carbocycles. The van der Waals surface area contributed by atoms with Crippen molar-refractivity contribution in [2.45, 2.75) is 25.8 Å². The molecule has 1 heterocycles. The molecular weight excluding hydrogens is 220 g/mol. The molecule has 2 rings (SSSR count). The summed E-state index contributed by atoms with van der Waals surface area (Å²) in [6, 6.07) is 0.456. The summed E-state index contributed by atoms with van der Waals surface area (Å²) in [4.78, 5) is 26.4. The van der Waals surface area contributed by atoms with Gasteiger partial charge >= 0.3 is 5.97 Å². The van der Waals surface area contributed by atoms with Crippen LogP contribution < -0.4 is 0 Å². The predicted molar refractivity (Wildman–Crippen MR) is 62.5 cm³/mol. The van der Waals surface area contributed by atoms with Crippen LogP contribution in [0.25, 0.3) is 0 Å². The van der Waals surface area contributed by atoms with Crippen LogP contribution in [-0.4, -0.2) is 59.5 Å². The molecule has 5 nitrogen and oxygen atoms in total. The maximum absolute atomic E-state index is 11.8. The summed E-state index contributed by atoms with van der Waals surface area (Å²) in [7, 11) is 1.86. The summed E-state index contributed by atoms with van der Waals surface area (Å²) in [6.07, 6.45) is 2.25. The summed E-state index contributed by atoms with van der Waals surface area (Å²) < 4.78 is 0. The average Bonchev–Trinajstić information content (AvgIpc) is 3.03. The van der Waals surface area contributed by atoms with Gasteiger partial charge in [-0.25, -0.2) is 0 Å². The van der Waals surface area contributed by atoms with Crippen molar-refractivity contribution < 1.29 is 14.7 Å². The largest absolute Gasteiger partial charge is 0.481 e. The fourth-order valence-electron chi connectivity index (χ4n) is 2.23. The van der Waals surface area contributed by atoms with Gasteiger partial charge in [0.25, 0.3) is 0 Å². The van der Waals surface area contributed by atoms with E-state index in [4.69, 9.17) is 5.11 Å². The average molecular weight is 240 g/mol. The van der Waals surface area contributed by atoms with Crippen LogP contribution in [0, 0.1) is 11.8 Å². The van der Waals surface area contributed by atoms with E-state index in [1.54, 1.807) is 6.92 Å². The predicted octanol–water partition coefficient (Wildman–Crippen LogP) is 0.260. The number of carboxylic acid groups (broad SMARTS) is 1. The maximum atomic E-state index is 11.8. The first kappa shape index (κ1) is 12.4. The first-order valence-electron chi connectivity index (χ1n) is 6.20. The van der Waals surface area contributed by atoms with Gasteiger partial charge in [-0.2, -0.15) is 0 Å². The number of amides is 1. The van der Waals surface area contributed by atoms with Crippen LogP contribution in [0.5, 0.6) is 0 Å². The van der Waals surface area contributed by atoms with E-state index < -0.39 is 5.97 Å². The Balaban J connectivity index is 1.69. The molecule has 2 aliphatic rings. The molecule has 0 bridgehead atoms. The van der Waals surface area contributed by atoms with E-state index in [2.05, 4.69) is 0 Å². The van der Waals surface area contributed by atoms with E-state index in [1.165, 1.54) is 0 Å². The summed E-state index contributed by atoms with van der Waals surface area (Å²) in [6.45, 7) is 3.65. The molecule has 5 heteroatoms. The topological polar surface area (TPSA) is 60.9 Å². The fourth-order valence-corrected chi connectivity index (χ4v) is 2.23. The molecule has 0 aromatic carbocycles. The number of hydrogen-bond donors (Lipinski definition) is 1. The molecule has 1 saturated carbocycles. The van der Waals surface area contributed by atoms with Crippen LogP contribution in [-0.2, 0) is 9.59 Å². The second-order valence-corrected chi connectivity index (χ2v) is 5.32. The summed E-state index contributed by atoms with van der Waals surface area (Å²) >= 11 is 0.